The molecule has 2 rings (SSSR count). The molecule has 6 nitrogen and oxygen atoms in total. The first-order valence-corrected chi connectivity index (χ1v) is 12.7. The summed E-state index contributed by atoms with van der Waals surface area (Å²) in [6.45, 7) is 9.74. The van der Waals surface area contributed by atoms with Crippen molar-refractivity contribution in [2.45, 2.75) is 72.1 Å². The quantitative estimate of drug-likeness (QED) is 0.283. The fourth-order valence-corrected chi connectivity index (χ4v) is 4.28. The molecule has 1 N–H and O–H groups in total. The number of halogens is 2. The van der Waals surface area contributed by atoms with Crippen LogP contribution < -0.4 is 10.1 Å². The molecule has 8 heteroatoms. The van der Waals surface area contributed by atoms with Crippen LogP contribution in [0.1, 0.15) is 69.8 Å². The van der Waals surface area contributed by atoms with Crippen LogP contribution in [0.2, 0.25) is 5.02 Å². The van der Waals surface area contributed by atoms with E-state index in [9.17, 15) is 4.79 Å². The number of nitrogens with zero attached hydrogens (tertiary/aromatic N) is 3. The van der Waals surface area contributed by atoms with Gasteiger partial charge in [0.2, 0.25) is 0 Å². The lowest BCUT2D eigenvalue weighted by atomic mass is 10.2. The van der Waals surface area contributed by atoms with Crippen molar-refractivity contribution in [1.82, 2.24) is 20.0 Å². The largest absolute Gasteiger partial charge is 0.470 e. The number of hydrogen-bond donors (Lipinski definition) is 1. The summed E-state index contributed by atoms with van der Waals surface area (Å²) in [6.07, 6.45) is 9.08. The molecular weight excluding hydrogens is 492 g/mol. The fourth-order valence-electron chi connectivity index (χ4n) is 3.48. The van der Waals surface area contributed by atoms with Crippen LogP contribution in [0.25, 0.3) is 0 Å². The number of carbonyl (C=O) groups is 1. The topological polar surface area (TPSA) is 59.4 Å². The third kappa shape index (κ3) is 9.51. The van der Waals surface area contributed by atoms with E-state index in [1.807, 2.05) is 0 Å². The second-order valence-corrected chi connectivity index (χ2v) is 9.47. The summed E-state index contributed by atoms with van der Waals surface area (Å²) in [4.78, 5) is 15.1. The highest BCUT2D eigenvalue weighted by Crippen LogP contribution is 2.28. The van der Waals surface area contributed by atoms with Gasteiger partial charge in [-0.3, -0.25) is 4.79 Å². The van der Waals surface area contributed by atoms with Crippen LogP contribution in [-0.4, -0.2) is 46.3 Å². The van der Waals surface area contributed by atoms with Gasteiger partial charge in [-0.2, -0.15) is 5.10 Å². The van der Waals surface area contributed by atoms with E-state index in [-0.39, 0.29) is 18.7 Å². The maximum Gasteiger partial charge on any atom is 0.272 e. The van der Waals surface area contributed by atoms with Crippen LogP contribution in [0, 0.1) is 0 Å². The Kier molecular flexibility index (Phi) is 12.1. The Morgan fingerprint density at radius 3 is 2.50 bits per heavy atom. The van der Waals surface area contributed by atoms with Gasteiger partial charge in [0.15, 0.2) is 6.73 Å². The zero-order chi connectivity index (χ0) is 23.3. The molecule has 0 fully saturated rings. The van der Waals surface area contributed by atoms with Crippen LogP contribution in [0.3, 0.4) is 0 Å². The minimum Gasteiger partial charge on any atom is -0.470 e. The van der Waals surface area contributed by atoms with E-state index in [1.165, 1.54) is 38.5 Å². The molecule has 178 valence electrons. The van der Waals surface area contributed by atoms with Gasteiger partial charge in [0.05, 0.1) is 4.47 Å². The average molecular weight is 528 g/mol. The number of ether oxygens (including phenoxy) is 1. The molecule has 0 aliphatic heterocycles. The third-order valence-electron chi connectivity index (χ3n) is 5.18. The first-order chi connectivity index (χ1) is 15.4. The molecule has 1 aromatic heterocycles. The highest BCUT2D eigenvalue weighted by molar-refractivity contribution is 9.10. The number of benzene rings is 1. The van der Waals surface area contributed by atoms with Gasteiger partial charge in [-0.25, -0.2) is 4.68 Å². The molecule has 0 radical (unpaired) electrons. The number of rotatable bonds is 15. The Morgan fingerprint density at radius 1 is 1.19 bits per heavy atom. The second-order valence-electron chi connectivity index (χ2n) is 8.18. The molecule has 32 heavy (non-hydrogen) atoms. The molecule has 1 atom stereocenters. The van der Waals surface area contributed by atoms with Crippen LogP contribution in [0.15, 0.2) is 34.9 Å². The van der Waals surface area contributed by atoms with Crippen LogP contribution >= 0.6 is 27.5 Å². The summed E-state index contributed by atoms with van der Waals surface area (Å²) in [5.74, 6) is 0.502. The van der Waals surface area contributed by atoms with E-state index in [2.05, 4.69) is 52.0 Å². The van der Waals surface area contributed by atoms with Crippen molar-refractivity contribution >= 4 is 33.4 Å². The molecule has 1 unspecified atom stereocenters. The van der Waals surface area contributed by atoms with Gasteiger partial charge in [0.25, 0.3) is 5.91 Å². The lowest BCUT2D eigenvalue weighted by molar-refractivity contribution is 0.0921. The second kappa shape index (κ2) is 14.6. The zero-order valence-electron chi connectivity index (χ0n) is 19.4. The van der Waals surface area contributed by atoms with Crippen LogP contribution in [0.5, 0.6) is 5.75 Å². The van der Waals surface area contributed by atoms with E-state index in [4.69, 9.17) is 16.3 Å². The van der Waals surface area contributed by atoms with Crippen molar-refractivity contribution in [3.63, 3.8) is 0 Å². The van der Waals surface area contributed by atoms with Gasteiger partial charge in [0.1, 0.15) is 11.4 Å². The van der Waals surface area contributed by atoms with Gasteiger partial charge in [-0.15, -0.1) is 0 Å². The maximum absolute atomic E-state index is 12.7. The van der Waals surface area contributed by atoms with Crippen LogP contribution in [-0.2, 0) is 6.73 Å². The summed E-state index contributed by atoms with van der Waals surface area (Å²) in [5, 5.41) is 8.07. The minimum atomic E-state index is -0.161. The summed E-state index contributed by atoms with van der Waals surface area (Å²) in [7, 11) is 0. The lowest BCUT2D eigenvalue weighted by Gasteiger charge is -2.26. The molecule has 2 aromatic rings. The molecular formula is C24H36BrClN4O2. The third-order valence-corrected chi connectivity index (χ3v) is 6.04. The van der Waals surface area contributed by atoms with Crippen molar-refractivity contribution < 1.29 is 9.53 Å². The predicted octanol–water partition coefficient (Wildman–Crippen LogP) is 6.14. The molecule has 0 bridgehead atoms. The van der Waals surface area contributed by atoms with Crippen molar-refractivity contribution in [2.75, 3.05) is 19.6 Å². The first kappa shape index (κ1) is 26.7. The van der Waals surface area contributed by atoms with E-state index < -0.39 is 0 Å². The maximum atomic E-state index is 12.7. The average Bonchev–Trinajstić information content (AvgIpc) is 3.22. The smallest absolute Gasteiger partial charge is 0.272 e. The van der Waals surface area contributed by atoms with E-state index in [1.54, 1.807) is 35.1 Å². The number of nitrogens with one attached hydrogen (secondary N) is 1. The Labute approximate surface area is 205 Å². The minimum absolute atomic E-state index is 0.0529. The Hall–Kier alpha value is -1.57. The van der Waals surface area contributed by atoms with Crippen molar-refractivity contribution in [2.24, 2.45) is 0 Å². The Morgan fingerprint density at radius 2 is 1.88 bits per heavy atom. The SMILES string of the molecule is CCCCCN(CCCCC)CC(C)NC(=O)c1ccn(COc2ccc(Cl)cc2Br)n1. The summed E-state index contributed by atoms with van der Waals surface area (Å²) < 4.78 is 8.12. The van der Waals surface area contributed by atoms with E-state index >= 15 is 0 Å². The zero-order valence-corrected chi connectivity index (χ0v) is 21.8. The van der Waals surface area contributed by atoms with Crippen LogP contribution in [0.4, 0.5) is 0 Å². The number of aromatic nitrogens is 2. The molecule has 0 aliphatic rings. The molecule has 0 spiro atoms. The van der Waals surface area contributed by atoms with Crippen molar-refractivity contribution in [1.29, 1.82) is 0 Å². The summed E-state index contributed by atoms with van der Waals surface area (Å²) in [6, 6.07) is 7.09. The molecule has 0 saturated carbocycles. The highest BCUT2D eigenvalue weighted by atomic mass is 79.9. The van der Waals surface area contributed by atoms with Gasteiger partial charge in [0, 0.05) is 23.8 Å². The Bertz CT molecular complexity index is 820. The molecule has 1 aromatic carbocycles. The summed E-state index contributed by atoms with van der Waals surface area (Å²) >= 11 is 9.39. The predicted molar refractivity (Wildman–Crippen MR) is 134 cm³/mol. The van der Waals surface area contributed by atoms with E-state index in [0.29, 0.717) is 16.5 Å². The normalized spacial score (nSPS) is 12.2. The number of unbranched alkanes of at least 4 members (excludes halogenated alkanes) is 4. The number of hydrogen-bond acceptors (Lipinski definition) is 4. The fraction of sp³-hybridized carbons (Fsp3) is 0.583. The van der Waals surface area contributed by atoms with E-state index in [0.717, 1.165) is 24.1 Å². The molecule has 1 heterocycles. The number of carbonyl (C=O) groups excluding carboxylic acids is 1. The highest BCUT2D eigenvalue weighted by Gasteiger charge is 2.16. The van der Waals surface area contributed by atoms with Gasteiger partial charge >= 0.3 is 0 Å². The van der Waals surface area contributed by atoms with Crippen molar-refractivity contribution in [3.05, 3.63) is 45.7 Å². The first-order valence-electron chi connectivity index (χ1n) is 11.6. The van der Waals surface area contributed by atoms with Gasteiger partial charge in [-0.1, -0.05) is 51.1 Å². The number of amides is 1. The molecule has 0 aliphatic carbocycles. The monoisotopic (exact) mass is 526 g/mol. The van der Waals surface area contributed by atoms with Gasteiger partial charge < -0.3 is 15.0 Å². The lowest BCUT2D eigenvalue weighted by Crippen LogP contribution is -2.42. The standard InChI is InChI=1S/C24H36BrClN4O2/c1-4-6-8-13-29(14-9-7-5-2)17-19(3)27-24(31)22-12-15-30(28-22)18-32-23-11-10-20(26)16-21(23)25/h10-12,15-16,19H,4-9,13-14,17-18H2,1-3H3,(H,27,31). The summed E-state index contributed by atoms with van der Waals surface area (Å²) in [5.41, 5.74) is 0.388. The molecule has 0 saturated heterocycles. The van der Waals surface area contributed by atoms with Gasteiger partial charge in [-0.05, 0) is 73.1 Å². The Balaban J connectivity index is 1.84. The molecule has 1 amide bonds. The van der Waals surface area contributed by atoms with Crippen molar-refractivity contribution in [3.8, 4) is 5.75 Å².